The zero-order valence-corrected chi connectivity index (χ0v) is 10.6. The topological polar surface area (TPSA) is 32.3 Å². The Kier molecular flexibility index (Phi) is 4.83. The Morgan fingerprint density at radius 1 is 1.41 bits per heavy atom. The van der Waals surface area contributed by atoms with Gasteiger partial charge in [-0.3, -0.25) is 0 Å². The number of hydrogen-bond acceptors (Lipinski definition) is 3. The van der Waals surface area contributed by atoms with Gasteiger partial charge in [0.05, 0.1) is 0 Å². The first kappa shape index (κ1) is 12.9. The van der Waals surface area contributed by atoms with Crippen LogP contribution >= 0.6 is 11.8 Å². The standard InChI is InChI=1S/C13H18FNOS/c14-12-4-1-3-10(9-15-11-5-6-11)13(12)17-8-2-7-16/h1,3-4,11,15-16H,2,5-9H2. The number of aliphatic hydroxyl groups is 1. The smallest absolute Gasteiger partial charge is 0.137 e. The third-order valence-electron chi connectivity index (χ3n) is 2.76. The maximum absolute atomic E-state index is 13.7. The molecule has 2 N–H and O–H groups in total. The predicted molar refractivity (Wildman–Crippen MR) is 68.7 cm³/mol. The normalized spacial score (nSPS) is 15.2. The van der Waals surface area contributed by atoms with Crippen LogP contribution in [0.25, 0.3) is 0 Å². The van der Waals surface area contributed by atoms with Crippen molar-refractivity contribution in [3.63, 3.8) is 0 Å². The third-order valence-corrected chi connectivity index (χ3v) is 3.99. The summed E-state index contributed by atoms with van der Waals surface area (Å²) in [5.74, 6) is 0.608. The van der Waals surface area contributed by atoms with Crippen LogP contribution in [-0.4, -0.2) is 23.5 Å². The van der Waals surface area contributed by atoms with E-state index in [0.29, 0.717) is 12.5 Å². The van der Waals surface area contributed by atoms with E-state index < -0.39 is 0 Å². The molecule has 1 aliphatic carbocycles. The van der Waals surface area contributed by atoms with Gasteiger partial charge in [0.15, 0.2) is 0 Å². The van der Waals surface area contributed by atoms with Gasteiger partial charge in [-0.05, 0) is 30.9 Å². The Bertz CT molecular complexity index is 368. The predicted octanol–water partition coefficient (Wildman–Crippen LogP) is 2.55. The van der Waals surface area contributed by atoms with Gasteiger partial charge in [0.2, 0.25) is 0 Å². The van der Waals surface area contributed by atoms with Crippen LogP contribution in [0.2, 0.25) is 0 Å². The molecule has 1 aromatic carbocycles. The average molecular weight is 255 g/mol. The Hall–Kier alpha value is -0.580. The van der Waals surface area contributed by atoms with Gasteiger partial charge < -0.3 is 10.4 Å². The van der Waals surface area contributed by atoms with Crippen LogP contribution in [0.1, 0.15) is 24.8 Å². The molecule has 0 spiro atoms. The molecule has 1 fully saturated rings. The van der Waals surface area contributed by atoms with E-state index in [0.717, 1.165) is 22.8 Å². The van der Waals surface area contributed by atoms with Gasteiger partial charge in [0.1, 0.15) is 5.82 Å². The summed E-state index contributed by atoms with van der Waals surface area (Å²) in [4.78, 5) is 0.731. The molecule has 1 saturated carbocycles. The molecule has 0 aromatic heterocycles. The Morgan fingerprint density at radius 2 is 2.24 bits per heavy atom. The van der Waals surface area contributed by atoms with Crippen molar-refractivity contribution in [2.24, 2.45) is 0 Å². The Balaban J connectivity index is 1.98. The molecule has 0 radical (unpaired) electrons. The molecular weight excluding hydrogens is 237 g/mol. The van der Waals surface area contributed by atoms with Gasteiger partial charge in [-0.15, -0.1) is 11.8 Å². The highest BCUT2D eigenvalue weighted by Gasteiger charge is 2.20. The molecule has 2 rings (SSSR count). The molecule has 1 aliphatic rings. The van der Waals surface area contributed by atoms with E-state index in [4.69, 9.17) is 5.11 Å². The molecule has 17 heavy (non-hydrogen) atoms. The van der Waals surface area contributed by atoms with E-state index in [1.165, 1.54) is 30.7 Å². The molecule has 1 aromatic rings. The fourth-order valence-electron chi connectivity index (χ4n) is 1.63. The molecule has 4 heteroatoms. The van der Waals surface area contributed by atoms with Crippen molar-refractivity contribution in [1.29, 1.82) is 0 Å². The van der Waals surface area contributed by atoms with Crippen LogP contribution in [0.5, 0.6) is 0 Å². The lowest BCUT2D eigenvalue weighted by Gasteiger charge is -2.10. The first-order chi connectivity index (χ1) is 8.31. The number of thioether (sulfide) groups is 1. The molecule has 94 valence electrons. The van der Waals surface area contributed by atoms with E-state index in [1.807, 2.05) is 6.07 Å². The van der Waals surface area contributed by atoms with Crippen molar-refractivity contribution < 1.29 is 9.50 Å². The first-order valence-electron chi connectivity index (χ1n) is 6.05. The van der Waals surface area contributed by atoms with Crippen LogP contribution < -0.4 is 5.32 Å². The van der Waals surface area contributed by atoms with Gasteiger partial charge >= 0.3 is 0 Å². The van der Waals surface area contributed by atoms with E-state index >= 15 is 0 Å². The van der Waals surface area contributed by atoms with Crippen molar-refractivity contribution in [1.82, 2.24) is 5.32 Å². The summed E-state index contributed by atoms with van der Waals surface area (Å²) in [6.45, 7) is 0.904. The summed E-state index contributed by atoms with van der Waals surface area (Å²) < 4.78 is 13.7. The van der Waals surface area contributed by atoms with Crippen LogP contribution in [0.4, 0.5) is 4.39 Å². The highest BCUT2D eigenvalue weighted by molar-refractivity contribution is 7.99. The van der Waals surface area contributed by atoms with Crippen molar-refractivity contribution >= 4 is 11.8 Å². The van der Waals surface area contributed by atoms with E-state index in [9.17, 15) is 4.39 Å². The second-order valence-electron chi connectivity index (χ2n) is 4.31. The van der Waals surface area contributed by atoms with Crippen molar-refractivity contribution in [3.05, 3.63) is 29.6 Å². The second kappa shape index (κ2) is 6.38. The van der Waals surface area contributed by atoms with Crippen LogP contribution in [0.3, 0.4) is 0 Å². The lowest BCUT2D eigenvalue weighted by molar-refractivity contribution is 0.296. The first-order valence-corrected chi connectivity index (χ1v) is 7.04. The minimum atomic E-state index is -0.150. The quantitative estimate of drug-likeness (QED) is 0.580. The zero-order valence-electron chi connectivity index (χ0n) is 9.79. The fraction of sp³-hybridized carbons (Fsp3) is 0.538. The monoisotopic (exact) mass is 255 g/mol. The Morgan fingerprint density at radius 3 is 2.94 bits per heavy atom. The fourth-order valence-corrected chi connectivity index (χ4v) is 2.64. The lowest BCUT2D eigenvalue weighted by Crippen LogP contribution is -2.16. The summed E-state index contributed by atoms with van der Waals surface area (Å²) in [5.41, 5.74) is 1.03. The number of aliphatic hydroxyl groups excluding tert-OH is 1. The molecule has 0 bridgehead atoms. The van der Waals surface area contributed by atoms with E-state index in [1.54, 1.807) is 6.07 Å². The summed E-state index contributed by atoms with van der Waals surface area (Å²) in [6.07, 6.45) is 3.18. The number of nitrogens with one attached hydrogen (secondary N) is 1. The van der Waals surface area contributed by atoms with Gasteiger partial charge in [-0.1, -0.05) is 12.1 Å². The minimum Gasteiger partial charge on any atom is -0.396 e. The summed E-state index contributed by atoms with van der Waals surface area (Å²) in [6, 6.07) is 5.87. The maximum Gasteiger partial charge on any atom is 0.137 e. The molecule has 0 heterocycles. The third kappa shape index (κ3) is 3.98. The van der Waals surface area contributed by atoms with Gasteiger partial charge in [-0.2, -0.15) is 0 Å². The number of rotatable bonds is 7. The molecule has 0 atom stereocenters. The molecule has 0 aliphatic heterocycles. The number of halogens is 1. The van der Waals surface area contributed by atoms with E-state index in [2.05, 4.69) is 5.32 Å². The highest BCUT2D eigenvalue weighted by atomic mass is 32.2. The highest BCUT2D eigenvalue weighted by Crippen LogP contribution is 2.27. The zero-order chi connectivity index (χ0) is 12.1. The maximum atomic E-state index is 13.7. The minimum absolute atomic E-state index is 0.150. The van der Waals surface area contributed by atoms with Gasteiger partial charge in [0, 0.05) is 29.8 Å². The summed E-state index contributed by atoms with van der Waals surface area (Å²) >= 11 is 1.50. The second-order valence-corrected chi connectivity index (χ2v) is 5.41. The molecule has 0 unspecified atom stereocenters. The number of hydrogen-bond donors (Lipinski definition) is 2. The molecule has 0 amide bonds. The van der Waals surface area contributed by atoms with Crippen molar-refractivity contribution in [2.45, 2.75) is 36.7 Å². The van der Waals surface area contributed by atoms with Gasteiger partial charge in [0.25, 0.3) is 0 Å². The van der Waals surface area contributed by atoms with Crippen LogP contribution in [-0.2, 0) is 6.54 Å². The summed E-state index contributed by atoms with van der Waals surface area (Å²) in [7, 11) is 0. The molecule has 0 saturated heterocycles. The number of benzene rings is 1. The van der Waals surface area contributed by atoms with Crippen LogP contribution in [0, 0.1) is 5.82 Å². The SMILES string of the molecule is OCCCSc1c(F)cccc1CNC1CC1. The van der Waals surface area contributed by atoms with Crippen molar-refractivity contribution in [3.8, 4) is 0 Å². The molecular formula is C13H18FNOS. The van der Waals surface area contributed by atoms with E-state index in [-0.39, 0.29) is 12.4 Å². The lowest BCUT2D eigenvalue weighted by atomic mass is 10.2. The van der Waals surface area contributed by atoms with Crippen LogP contribution in [0.15, 0.2) is 23.1 Å². The largest absolute Gasteiger partial charge is 0.396 e. The van der Waals surface area contributed by atoms with Gasteiger partial charge in [-0.25, -0.2) is 4.39 Å². The summed E-state index contributed by atoms with van der Waals surface area (Å²) in [5, 5.41) is 12.1. The van der Waals surface area contributed by atoms with Crippen molar-refractivity contribution in [2.75, 3.05) is 12.4 Å². The Labute approximate surface area is 106 Å². The molecule has 2 nitrogen and oxygen atoms in total. The average Bonchev–Trinajstić information content (AvgIpc) is 3.13.